The van der Waals surface area contributed by atoms with E-state index in [0.29, 0.717) is 0 Å². The van der Waals surface area contributed by atoms with Crippen LogP contribution in [-0.4, -0.2) is 23.2 Å². The fraction of sp³-hybridized carbons (Fsp3) is 0.308. The molecule has 0 radical (unpaired) electrons. The van der Waals surface area contributed by atoms with Crippen LogP contribution in [0.1, 0.15) is 18.5 Å². The van der Waals surface area contributed by atoms with E-state index in [1.807, 2.05) is 37.5 Å². The number of rotatable bonds is 4. The predicted octanol–water partition coefficient (Wildman–Crippen LogP) is 1.88. The van der Waals surface area contributed by atoms with Gasteiger partial charge in [0.15, 0.2) is 0 Å². The summed E-state index contributed by atoms with van der Waals surface area (Å²) in [6, 6.07) is 8.06. The summed E-state index contributed by atoms with van der Waals surface area (Å²) >= 11 is 0. The largest absolute Gasteiger partial charge is 0.394 e. The van der Waals surface area contributed by atoms with Gasteiger partial charge in [-0.25, -0.2) is 0 Å². The zero-order valence-electron chi connectivity index (χ0n) is 9.35. The summed E-state index contributed by atoms with van der Waals surface area (Å²) in [5.41, 5.74) is 1.06. The van der Waals surface area contributed by atoms with Crippen LogP contribution in [0.3, 0.4) is 0 Å². The molecule has 0 aliphatic heterocycles. The zero-order chi connectivity index (χ0) is 11.4. The Balaban J connectivity index is 2.50. The molecule has 2 aromatic rings. The van der Waals surface area contributed by atoms with Gasteiger partial charge in [-0.2, -0.15) is 0 Å². The molecule has 0 saturated carbocycles. The molecule has 0 spiro atoms. The highest BCUT2D eigenvalue weighted by Crippen LogP contribution is 2.22. The summed E-state index contributed by atoms with van der Waals surface area (Å²) in [4.78, 5) is 4.21. The normalized spacial score (nSPS) is 12.9. The van der Waals surface area contributed by atoms with Crippen LogP contribution < -0.4 is 5.32 Å². The van der Waals surface area contributed by atoms with Gasteiger partial charge in [0.25, 0.3) is 0 Å². The van der Waals surface area contributed by atoms with E-state index in [4.69, 9.17) is 0 Å². The summed E-state index contributed by atoms with van der Waals surface area (Å²) in [6.07, 6.45) is 3.67. The van der Waals surface area contributed by atoms with Crippen molar-refractivity contribution in [3.63, 3.8) is 0 Å². The van der Waals surface area contributed by atoms with Gasteiger partial charge in [0.2, 0.25) is 0 Å². The highest BCUT2D eigenvalue weighted by molar-refractivity contribution is 5.85. The first kappa shape index (κ1) is 11.0. The second-order valence-corrected chi connectivity index (χ2v) is 3.74. The number of likely N-dealkylation sites (N-methyl/N-ethyl adjacent to an activating group) is 1. The van der Waals surface area contributed by atoms with E-state index in [0.717, 1.165) is 22.9 Å². The van der Waals surface area contributed by atoms with E-state index in [1.165, 1.54) is 0 Å². The van der Waals surface area contributed by atoms with Crippen LogP contribution in [0.15, 0.2) is 36.7 Å². The Morgan fingerprint density at radius 2 is 2.12 bits per heavy atom. The Bertz CT molecular complexity index is 465. The first-order valence-corrected chi connectivity index (χ1v) is 5.53. The molecule has 0 aliphatic rings. The van der Waals surface area contributed by atoms with Crippen LogP contribution in [0.25, 0.3) is 10.8 Å². The standard InChI is InChI=1S/C13H16N2O/c1-2-15-13(9-16)12-8-14-7-10-5-3-4-6-11(10)12/h3-8,13,15-16H,2,9H2,1H3. The highest BCUT2D eigenvalue weighted by Gasteiger charge is 2.11. The molecule has 84 valence electrons. The summed E-state index contributed by atoms with van der Waals surface area (Å²) in [5.74, 6) is 0. The Labute approximate surface area is 95.1 Å². The minimum absolute atomic E-state index is 0.0383. The van der Waals surface area contributed by atoms with Crippen molar-refractivity contribution in [2.45, 2.75) is 13.0 Å². The molecule has 1 aromatic heterocycles. The molecule has 1 heterocycles. The molecular weight excluding hydrogens is 200 g/mol. The van der Waals surface area contributed by atoms with Crippen LogP contribution in [0.5, 0.6) is 0 Å². The van der Waals surface area contributed by atoms with Gasteiger partial charge in [0, 0.05) is 17.8 Å². The van der Waals surface area contributed by atoms with Gasteiger partial charge in [-0.15, -0.1) is 0 Å². The zero-order valence-corrected chi connectivity index (χ0v) is 9.35. The van der Waals surface area contributed by atoms with Crippen molar-refractivity contribution in [3.05, 3.63) is 42.2 Å². The third kappa shape index (κ3) is 2.05. The fourth-order valence-electron chi connectivity index (χ4n) is 1.94. The molecular formula is C13H16N2O. The number of hydrogen-bond donors (Lipinski definition) is 2. The van der Waals surface area contributed by atoms with Gasteiger partial charge in [-0.1, -0.05) is 31.2 Å². The summed E-state index contributed by atoms with van der Waals surface area (Å²) in [6.45, 7) is 2.94. The molecule has 2 rings (SSSR count). The lowest BCUT2D eigenvalue weighted by atomic mass is 10.0. The number of aliphatic hydroxyl groups excluding tert-OH is 1. The maximum absolute atomic E-state index is 9.38. The number of aliphatic hydroxyl groups is 1. The number of hydrogen-bond acceptors (Lipinski definition) is 3. The van der Waals surface area contributed by atoms with Crippen molar-refractivity contribution in [3.8, 4) is 0 Å². The average Bonchev–Trinajstić information content (AvgIpc) is 2.35. The lowest BCUT2D eigenvalue weighted by Gasteiger charge is -2.17. The van der Waals surface area contributed by atoms with Gasteiger partial charge in [0.1, 0.15) is 0 Å². The van der Waals surface area contributed by atoms with Crippen LogP contribution in [0.4, 0.5) is 0 Å². The summed E-state index contributed by atoms with van der Waals surface area (Å²) in [5, 5.41) is 14.9. The monoisotopic (exact) mass is 216 g/mol. The molecule has 0 bridgehead atoms. The molecule has 0 saturated heterocycles. The Kier molecular flexibility index (Phi) is 3.49. The molecule has 16 heavy (non-hydrogen) atoms. The molecule has 0 amide bonds. The van der Waals surface area contributed by atoms with Gasteiger partial charge < -0.3 is 10.4 Å². The SMILES string of the molecule is CCNC(CO)c1cncc2ccccc12. The van der Waals surface area contributed by atoms with Gasteiger partial charge in [0.05, 0.1) is 12.6 Å². The van der Waals surface area contributed by atoms with Gasteiger partial charge in [-0.3, -0.25) is 4.98 Å². The van der Waals surface area contributed by atoms with Crippen molar-refractivity contribution in [2.75, 3.05) is 13.2 Å². The van der Waals surface area contributed by atoms with E-state index in [-0.39, 0.29) is 12.6 Å². The van der Waals surface area contributed by atoms with E-state index in [2.05, 4.69) is 16.4 Å². The predicted molar refractivity (Wildman–Crippen MR) is 65.2 cm³/mol. The molecule has 3 heteroatoms. The molecule has 1 unspecified atom stereocenters. The Morgan fingerprint density at radius 3 is 2.88 bits per heavy atom. The Morgan fingerprint density at radius 1 is 1.31 bits per heavy atom. The third-order valence-corrected chi connectivity index (χ3v) is 2.71. The van der Waals surface area contributed by atoms with Crippen LogP contribution in [0.2, 0.25) is 0 Å². The Hall–Kier alpha value is -1.45. The average molecular weight is 216 g/mol. The van der Waals surface area contributed by atoms with Crippen molar-refractivity contribution in [1.29, 1.82) is 0 Å². The number of nitrogens with one attached hydrogen (secondary N) is 1. The number of pyridine rings is 1. The molecule has 3 nitrogen and oxygen atoms in total. The molecule has 1 atom stereocenters. The highest BCUT2D eigenvalue weighted by atomic mass is 16.3. The van der Waals surface area contributed by atoms with E-state index >= 15 is 0 Å². The van der Waals surface area contributed by atoms with Crippen molar-refractivity contribution < 1.29 is 5.11 Å². The van der Waals surface area contributed by atoms with Crippen molar-refractivity contribution in [2.24, 2.45) is 0 Å². The second kappa shape index (κ2) is 5.05. The maximum Gasteiger partial charge on any atom is 0.0627 e. The topological polar surface area (TPSA) is 45.1 Å². The molecule has 0 aliphatic carbocycles. The maximum atomic E-state index is 9.38. The number of nitrogens with zero attached hydrogens (tertiary/aromatic N) is 1. The van der Waals surface area contributed by atoms with E-state index in [9.17, 15) is 5.11 Å². The van der Waals surface area contributed by atoms with E-state index < -0.39 is 0 Å². The summed E-state index contributed by atoms with van der Waals surface area (Å²) < 4.78 is 0. The first-order chi connectivity index (χ1) is 7.86. The quantitative estimate of drug-likeness (QED) is 0.820. The number of benzene rings is 1. The van der Waals surface area contributed by atoms with Crippen LogP contribution in [0, 0.1) is 0 Å². The fourth-order valence-corrected chi connectivity index (χ4v) is 1.94. The lowest BCUT2D eigenvalue weighted by Crippen LogP contribution is -2.24. The van der Waals surface area contributed by atoms with E-state index in [1.54, 1.807) is 0 Å². The number of fused-ring (bicyclic) bond motifs is 1. The lowest BCUT2D eigenvalue weighted by molar-refractivity contribution is 0.247. The van der Waals surface area contributed by atoms with Crippen LogP contribution in [-0.2, 0) is 0 Å². The number of aromatic nitrogens is 1. The molecule has 2 N–H and O–H groups in total. The second-order valence-electron chi connectivity index (χ2n) is 3.74. The minimum Gasteiger partial charge on any atom is -0.394 e. The molecule has 0 fully saturated rings. The first-order valence-electron chi connectivity index (χ1n) is 5.53. The van der Waals surface area contributed by atoms with Crippen molar-refractivity contribution >= 4 is 10.8 Å². The molecule has 1 aromatic carbocycles. The van der Waals surface area contributed by atoms with Gasteiger partial charge >= 0.3 is 0 Å². The smallest absolute Gasteiger partial charge is 0.0627 e. The third-order valence-electron chi connectivity index (χ3n) is 2.71. The summed E-state index contributed by atoms with van der Waals surface area (Å²) in [7, 11) is 0. The van der Waals surface area contributed by atoms with Crippen LogP contribution >= 0.6 is 0 Å². The van der Waals surface area contributed by atoms with Crippen molar-refractivity contribution in [1.82, 2.24) is 10.3 Å². The minimum atomic E-state index is -0.0383. The van der Waals surface area contributed by atoms with Gasteiger partial charge in [-0.05, 0) is 17.5 Å².